The fourth-order valence-corrected chi connectivity index (χ4v) is 1.80. The van der Waals surface area contributed by atoms with Crippen molar-refractivity contribution >= 4 is 0 Å². The van der Waals surface area contributed by atoms with Crippen LogP contribution in [-0.4, -0.2) is 5.11 Å². The summed E-state index contributed by atoms with van der Waals surface area (Å²) in [5.74, 6) is 0.322. The summed E-state index contributed by atoms with van der Waals surface area (Å²) in [6, 6.07) is 8.71. The third-order valence-corrected chi connectivity index (χ3v) is 2.71. The minimum Gasteiger partial charge on any atom is -0.508 e. The van der Waals surface area contributed by atoms with Crippen LogP contribution in [0.25, 0.3) is 0 Å². The van der Waals surface area contributed by atoms with E-state index in [0.29, 0.717) is 5.75 Å². The lowest BCUT2D eigenvalue weighted by Gasteiger charge is -1.99. The summed E-state index contributed by atoms with van der Waals surface area (Å²) in [4.78, 5) is 0. The van der Waals surface area contributed by atoms with E-state index in [2.05, 4.69) is 36.5 Å². The summed E-state index contributed by atoms with van der Waals surface area (Å²) < 4.78 is 0. The van der Waals surface area contributed by atoms with Gasteiger partial charge in [-0.05, 0) is 36.1 Å². The maximum absolute atomic E-state index is 8.63. The molecular weight excluding hydrogens is 208 g/mol. The van der Waals surface area contributed by atoms with Crippen molar-refractivity contribution in [1.29, 1.82) is 0 Å². The molecule has 0 saturated heterocycles. The molecule has 0 aliphatic heterocycles. The largest absolute Gasteiger partial charge is 0.508 e. The van der Waals surface area contributed by atoms with Crippen LogP contribution >= 0.6 is 0 Å². The molecule has 0 fully saturated rings. The Labute approximate surface area is 102 Å². The SMILES string of the molecule is C1=CCC(C2=CC=CC2)=C1.Oc1ccccc1. The van der Waals surface area contributed by atoms with Gasteiger partial charge in [0.1, 0.15) is 5.75 Å². The summed E-state index contributed by atoms with van der Waals surface area (Å²) in [6.07, 6.45) is 15.4. The molecule has 17 heavy (non-hydrogen) atoms. The number of allylic oxidation sites excluding steroid dienone is 8. The maximum atomic E-state index is 8.63. The topological polar surface area (TPSA) is 20.2 Å². The second-order valence-electron chi connectivity index (χ2n) is 3.98. The summed E-state index contributed by atoms with van der Waals surface area (Å²) in [5, 5.41) is 8.63. The lowest BCUT2D eigenvalue weighted by Crippen LogP contribution is -1.80. The van der Waals surface area contributed by atoms with E-state index in [0.717, 1.165) is 12.8 Å². The predicted molar refractivity (Wildman–Crippen MR) is 71.8 cm³/mol. The number of hydrogen-bond acceptors (Lipinski definition) is 1. The molecule has 1 nitrogen and oxygen atoms in total. The van der Waals surface area contributed by atoms with Gasteiger partial charge < -0.3 is 5.11 Å². The lowest BCUT2D eigenvalue weighted by atomic mass is 10.1. The average molecular weight is 224 g/mol. The van der Waals surface area contributed by atoms with Crippen LogP contribution in [0.3, 0.4) is 0 Å². The molecule has 0 unspecified atom stereocenters. The molecule has 1 N–H and O–H groups in total. The van der Waals surface area contributed by atoms with Gasteiger partial charge in [0.25, 0.3) is 0 Å². The maximum Gasteiger partial charge on any atom is 0.115 e. The Morgan fingerprint density at radius 1 is 0.765 bits per heavy atom. The van der Waals surface area contributed by atoms with Crippen LogP contribution < -0.4 is 0 Å². The Morgan fingerprint density at radius 2 is 1.29 bits per heavy atom. The van der Waals surface area contributed by atoms with Gasteiger partial charge in [-0.2, -0.15) is 0 Å². The number of rotatable bonds is 1. The third kappa shape index (κ3) is 3.49. The minimum atomic E-state index is 0.322. The Kier molecular flexibility index (Phi) is 3.98. The van der Waals surface area contributed by atoms with Crippen LogP contribution in [0.2, 0.25) is 0 Å². The van der Waals surface area contributed by atoms with Crippen molar-refractivity contribution in [2.45, 2.75) is 12.8 Å². The van der Waals surface area contributed by atoms with E-state index in [1.165, 1.54) is 11.1 Å². The second-order valence-corrected chi connectivity index (χ2v) is 3.98. The zero-order valence-electron chi connectivity index (χ0n) is 9.71. The van der Waals surface area contributed by atoms with Crippen molar-refractivity contribution in [3.8, 4) is 5.75 Å². The van der Waals surface area contributed by atoms with Gasteiger partial charge in [-0.25, -0.2) is 0 Å². The van der Waals surface area contributed by atoms with E-state index in [-0.39, 0.29) is 0 Å². The molecule has 0 bridgehead atoms. The predicted octanol–water partition coefficient (Wildman–Crippen LogP) is 4.15. The van der Waals surface area contributed by atoms with Crippen LogP contribution in [0.5, 0.6) is 5.75 Å². The fraction of sp³-hybridized carbons (Fsp3) is 0.125. The minimum absolute atomic E-state index is 0.322. The zero-order chi connectivity index (χ0) is 11.9. The number of phenols is 1. The quantitative estimate of drug-likeness (QED) is 0.759. The van der Waals surface area contributed by atoms with E-state index < -0.39 is 0 Å². The summed E-state index contributed by atoms with van der Waals surface area (Å²) >= 11 is 0. The van der Waals surface area contributed by atoms with Crippen molar-refractivity contribution in [2.24, 2.45) is 0 Å². The number of benzene rings is 1. The molecular formula is C16H16O. The van der Waals surface area contributed by atoms with Crippen LogP contribution in [0, 0.1) is 0 Å². The molecule has 1 heteroatoms. The smallest absolute Gasteiger partial charge is 0.115 e. The number of aromatic hydroxyl groups is 1. The Bertz CT molecular complexity index is 448. The fourth-order valence-electron chi connectivity index (χ4n) is 1.80. The van der Waals surface area contributed by atoms with Gasteiger partial charge in [0.2, 0.25) is 0 Å². The molecule has 86 valence electrons. The van der Waals surface area contributed by atoms with E-state index in [1.807, 2.05) is 6.07 Å². The summed E-state index contributed by atoms with van der Waals surface area (Å²) in [5.41, 5.74) is 2.98. The van der Waals surface area contributed by atoms with E-state index in [1.54, 1.807) is 24.3 Å². The van der Waals surface area contributed by atoms with E-state index in [4.69, 9.17) is 5.11 Å². The molecule has 0 atom stereocenters. The van der Waals surface area contributed by atoms with Gasteiger partial charge in [-0.15, -0.1) is 0 Å². The zero-order valence-corrected chi connectivity index (χ0v) is 9.71. The number of phenolic OH excluding ortho intramolecular Hbond substituents is 1. The first-order valence-electron chi connectivity index (χ1n) is 5.82. The van der Waals surface area contributed by atoms with Crippen molar-refractivity contribution < 1.29 is 5.11 Å². The molecule has 1 aromatic carbocycles. The lowest BCUT2D eigenvalue weighted by molar-refractivity contribution is 0.475. The van der Waals surface area contributed by atoms with Crippen molar-refractivity contribution in [3.63, 3.8) is 0 Å². The van der Waals surface area contributed by atoms with Crippen LogP contribution in [0.4, 0.5) is 0 Å². The monoisotopic (exact) mass is 224 g/mol. The molecule has 0 radical (unpaired) electrons. The first-order valence-corrected chi connectivity index (χ1v) is 5.82. The normalized spacial score (nSPS) is 16.2. The van der Waals surface area contributed by atoms with Crippen molar-refractivity contribution in [3.05, 3.63) is 77.9 Å². The molecule has 0 saturated carbocycles. The highest BCUT2D eigenvalue weighted by atomic mass is 16.3. The number of hydrogen-bond donors (Lipinski definition) is 1. The summed E-state index contributed by atoms with van der Waals surface area (Å²) in [7, 11) is 0. The molecule has 3 rings (SSSR count). The van der Waals surface area contributed by atoms with Gasteiger partial charge in [-0.1, -0.05) is 54.7 Å². The first-order chi connectivity index (χ1) is 8.36. The van der Waals surface area contributed by atoms with Gasteiger partial charge in [0.05, 0.1) is 0 Å². The standard InChI is InChI=1S/C10H10.C6H6O/c1-2-6-9(5-1)10-7-3-4-8-10;7-6-4-2-1-3-5-6/h1-5,7H,6,8H2;1-5,7H. The van der Waals surface area contributed by atoms with Crippen LogP contribution in [0.1, 0.15) is 12.8 Å². The second kappa shape index (κ2) is 5.90. The van der Waals surface area contributed by atoms with Crippen molar-refractivity contribution in [2.75, 3.05) is 0 Å². The number of para-hydroxylation sites is 1. The van der Waals surface area contributed by atoms with Crippen LogP contribution in [-0.2, 0) is 0 Å². The average Bonchev–Trinajstić information content (AvgIpc) is 3.04. The third-order valence-electron chi connectivity index (χ3n) is 2.71. The van der Waals surface area contributed by atoms with E-state index >= 15 is 0 Å². The van der Waals surface area contributed by atoms with Gasteiger partial charge in [0, 0.05) is 0 Å². The first kappa shape index (κ1) is 11.5. The Morgan fingerprint density at radius 3 is 1.59 bits per heavy atom. The molecule has 0 aromatic heterocycles. The molecule has 2 aliphatic rings. The van der Waals surface area contributed by atoms with Crippen molar-refractivity contribution in [1.82, 2.24) is 0 Å². The Hall–Kier alpha value is -2.02. The highest BCUT2D eigenvalue weighted by Crippen LogP contribution is 2.25. The van der Waals surface area contributed by atoms with E-state index in [9.17, 15) is 0 Å². The Balaban J connectivity index is 0.000000136. The highest BCUT2D eigenvalue weighted by molar-refractivity contribution is 5.44. The van der Waals surface area contributed by atoms with Crippen LogP contribution in [0.15, 0.2) is 77.9 Å². The molecule has 2 aliphatic carbocycles. The molecule has 0 amide bonds. The molecule has 1 aromatic rings. The van der Waals surface area contributed by atoms with Gasteiger partial charge >= 0.3 is 0 Å². The highest BCUT2D eigenvalue weighted by Gasteiger charge is 2.05. The van der Waals surface area contributed by atoms with Gasteiger partial charge in [0.15, 0.2) is 0 Å². The molecule has 0 heterocycles. The van der Waals surface area contributed by atoms with Gasteiger partial charge in [-0.3, -0.25) is 0 Å². The molecule has 0 spiro atoms. The summed E-state index contributed by atoms with van der Waals surface area (Å²) in [6.45, 7) is 0.